The van der Waals surface area contributed by atoms with Crippen LogP contribution in [0.25, 0.3) is 0 Å². The summed E-state index contributed by atoms with van der Waals surface area (Å²) in [6, 6.07) is 10.1. The highest BCUT2D eigenvalue weighted by Gasteiger charge is 2.63. The summed E-state index contributed by atoms with van der Waals surface area (Å²) in [6.07, 6.45) is 0.980. The predicted octanol–water partition coefficient (Wildman–Crippen LogP) is 3.10. The summed E-state index contributed by atoms with van der Waals surface area (Å²) in [5, 5.41) is 0. The van der Waals surface area contributed by atoms with Crippen molar-refractivity contribution in [2.75, 3.05) is 20.2 Å². The Balaban J connectivity index is 1.71. The van der Waals surface area contributed by atoms with E-state index in [1.165, 1.54) is 0 Å². The molecule has 0 heterocycles. The standard InChI is InChI=1S/C17H25NO2/c1-16(2)13-17(16,3)15(19)18(4)10-11-20-12-14-8-6-5-7-9-14/h5-9H,10-13H2,1-4H3. The van der Waals surface area contributed by atoms with E-state index in [0.717, 1.165) is 12.0 Å². The zero-order chi connectivity index (χ0) is 14.8. The van der Waals surface area contributed by atoms with E-state index in [0.29, 0.717) is 19.8 Å². The second-order valence-electron chi connectivity index (χ2n) is 6.66. The van der Waals surface area contributed by atoms with Crippen LogP contribution in [-0.4, -0.2) is 31.0 Å². The van der Waals surface area contributed by atoms with Crippen molar-refractivity contribution in [3.8, 4) is 0 Å². The van der Waals surface area contributed by atoms with E-state index in [2.05, 4.69) is 20.8 Å². The molecule has 0 N–H and O–H groups in total. The third-order valence-corrected chi connectivity index (χ3v) is 4.67. The Morgan fingerprint density at radius 1 is 1.25 bits per heavy atom. The van der Waals surface area contributed by atoms with Crippen LogP contribution in [0.2, 0.25) is 0 Å². The topological polar surface area (TPSA) is 29.5 Å². The Morgan fingerprint density at radius 2 is 1.85 bits per heavy atom. The first kappa shape index (κ1) is 15.0. The molecule has 3 nitrogen and oxygen atoms in total. The van der Waals surface area contributed by atoms with Crippen LogP contribution in [0, 0.1) is 10.8 Å². The first-order chi connectivity index (χ1) is 9.37. The van der Waals surface area contributed by atoms with Gasteiger partial charge in [-0.2, -0.15) is 0 Å². The van der Waals surface area contributed by atoms with Gasteiger partial charge in [-0.25, -0.2) is 0 Å². The summed E-state index contributed by atoms with van der Waals surface area (Å²) < 4.78 is 5.63. The fraction of sp³-hybridized carbons (Fsp3) is 0.588. The van der Waals surface area contributed by atoms with E-state index in [4.69, 9.17) is 4.74 Å². The number of hydrogen-bond acceptors (Lipinski definition) is 2. The number of carbonyl (C=O) groups excluding carboxylic acids is 1. The zero-order valence-corrected chi connectivity index (χ0v) is 13.0. The Bertz CT molecular complexity index is 469. The lowest BCUT2D eigenvalue weighted by Crippen LogP contribution is -2.37. The number of rotatable bonds is 6. The molecule has 1 amide bonds. The van der Waals surface area contributed by atoms with E-state index >= 15 is 0 Å². The van der Waals surface area contributed by atoms with Crippen LogP contribution in [0.4, 0.5) is 0 Å². The van der Waals surface area contributed by atoms with Gasteiger partial charge in [0.2, 0.25) is 5.91 Å². The maximum Gasteiger partial charge on any atom is 0.228 e. The molecule has 0 radical (unpaired) electrons. The van der Waals surface area contributed by atoms with Gasteiger partial charge in [0, 0.05) is 13.6 Å². The molecule has 1 aliphatic rings. The van der Waals surface area contributed by atoms with Gasteiger partial charge in [-0.1, -0.05) is 51.1 Å². The summed E-state index contributed by atoms with van der Waals surface area (Å²) in [4.78, 5) is 14.2. The van der Waals surface area contributed by atoms with E-state index in [-0.39, 0.29) is 16.7 Å². The number of benzene rings is 1. The first-order valence-corrected chi connectivity index (χ1v) is 7.24. The smallest absolute Gasteiger partial charge is 0.228 e. The van der Waals surface area contributed by atoms with Crippen LogP contribution in [0.5, 0.6) is 0 Å². The molecule has 1 atom stereocenters. The van der Waals surface area contributed by atoms with Gasteiger partial charge < -0.3 is 9.64 Å². The highest BCUT2D eigenvalue weighted by Crippen LogP contribution is 2.63. The van der Waals surface area contributed by atoms with Crippen molar-refractivity contribution in [3.05, 3.63) is 35.9 Å². The van der Waals surface area contributed by atoms with Crippen molar-refractivity contribution in [3.63, 3.8) is 0 Å². The second-order valence-corrected chi connectivity index (χ2v) is 6.66. The molecule has 20 heavy (non-hydrogen) atoms. The van der Waals surface area contributed by atoms with Crippen LogP contribution in [-0.2, 0) is 16.1 Å². The van der Waals surface area contributed by atoms with Gasteiger partial charge in [0.1, 0.15) is 0 Å². The minimum absolute atomic E-state index is 0.142. The predicted molar refractivity (Wildman–Crippen MR) is 80.2 cm³/mol. The molecule has 3 heteroatoms. The fourth-order valence-corrected chi connectivity index (χ4v) is 2.69. The lowest BCUT2D eigenvalue weighted by atomic mass is 9.97. The van der Waals surface area contributed by atoms with Crippen LogP contribution >= 0.6 is 0 Å². The van der Waals surface area contributed by atoms with Gasteiger partial charge in [-0.05, 0) is 17.4 Å². The van der Waals surface area contributed by atoms with Crippen LogP contribution in [0.15, 0.2) is 30.3 Å². The molecule has 110 valence electrons. The first-order valence-electron chi connectivity index (χ1n) is 7.24. The molecule has 0 spiro atoms. The highest BCUT2D eigenvalue weighted by atomic mass is 16.5. The molecular formula is C17H25NO2. The molecule has 1 fully saturated rings. The van der Waals surface area contributed by atoms with E-state index in [1.54, 1.807) is 4.90 Å². The van der Waals surface area contributed by atoms with Crippen molar-refractivity contribution in [2.45, 2.75) is 33.8 Å². The third-order valence-electron chi connectivity index (χ3n) is 4.67. The molecule has 1 unspecified atom stereocenters. The number of ether oxygens (including phenoxy) is 1. The van der Waals surface area contributed by atoms with E-state index < -0.39 is 0 Å². The number of nitrogens with zero attached hydrogens (tertiary/aromatic N) is 1. The maximum atomic E-state index is 12.4. The van der Waals surface area contributed by atoms with Gasteiger partial charge in [-0.15, -0.1) is 0 Å². The van der Waals surface area contributed by atoms with Crippen molar-refractivity contribution in [1.29, 1.82) is 0 Å². The van der Waals surface area contributed by atoms with Crippen LogP contribution in [0.3, 0.4) is 0 Å². The van der Waals surface area contributed by atoms with Crippen molar-refractivity contribution in [1.82, 2.24) is 4.90 Å². The number of hydrogen-bond donors (Lipinski definition) is 0. The maximum absolute atomic E-state index is 12.4. The van der Waals surface area contributed by atoms with Gasteiger partial charge in [0.15, 0.2) is 0 Å². The largest absolute Gasteiger partial charge is 0.375 e. The number of carbonyl (C=O) groups is 1. The Hall–Kier alpha value is -1.35. The molecule has 1 saturated carbocycles. The average molecular weight is 275 g/mol. The molecule has 1 aromatic carbocycles. The molecule has 0 saturated heterocycles. The Morgan fingerprint density at radius 3 is 2.40 bits per heavy atom. The SMILES string of the molecule is CN(CCOCc1ccccc1)C(=O)C1(C)CC1(C)C. The minimum atomic E-state index is -0.179. The summed E-state index contributed by atoms with van der Waals surface area (Å²) in [5.41, 5.74) is 1.13. The summed E-state index contributed by atoms with van der Waals surface area (Å²) in [7, 11) is 1.87. The molecule has 1 aromatic rings. The fourth-order valence-electron chi connectivity index (χ4n) is 2.69. The summed E-state index contributed by atoms with van der Waals surface area (Å²) in [5.74, 6) is 0.241. The summed E-state index contributed by atoms with van der Waals surface area (Å²) in [6.45, 7) is 8.21. The van der Waals surface area contributed by atoms with Crippen LogP contribution in [0.1, 0.15) is 32.8 Å². The van der Waals surface area contributed by atoms with Crippen molar-refractivity contribution in [2.24, 2.45) is 10.8 Å². The van der Waals surface area contributed by atoms with E-state index in [1.807, 2.05) is 37.4 Å². The third kappa shape index (κ3) is 3.04. The van der Waals surface area contributed by atoms with E-state index in [9.17, 15) is 4.79 Å². The Kier molecular flexibility index (Phi) is 4.19. The summed E-state index contributed by atoms with van der Waals surface area (Å²) >= 11 is 0. The van der Waals surface area contributed by atoms with Gasteiger partial charge >= 0.3 is 0 Å². The molecule has 0 aliphatic heterocycles. The van der Waals surface area contributed by atoms with Crippen molar-refractivity contribution >= 4 is 5.91 Å². The normalized spacial score (nSPS) is 23.4. The molecule has 0 bridgehead atoms. The van der Waals surface area contributed by atoms with Gasteiger partial charge in [0.05, 0.1) is 18.6 Å². The average Bonchev–Trinajstić information content (AvgIpc) is 2.95. The quantitative estimate of drug-likeness (QED) is 0.747. The molecule has 2 rings (SSSR count). The van der Waals surface area contributed by atoms with Crippen LogP contribution < -0.4 is 0 Å². The number of likely N-dealkylation sites (N-methyl/N-ethyl adjacent to an activating group) is 1. The van der Waals surface area contributed by atoms with Gasteiger partial charge in [-0.3, -0.25) is 4.79 Å². The van der Waals surface area contributed by atoms with Crippen molar-refractivity contribution < 1.29 is 9.53 Å². The lowest BCUT2D eigenvalue weighted by molar-refractivity contribution is -0.137. The van der Waals surface area contributed by atoms with Gasteiger partial charge in [0.25, 0.3) is 0 Å². The minimum Gasteiger partial charge on any atom is -0.375 e. The highest BCUT2D eigenvalue weighted by molar-refractivity contribution is 5.86. The lowest BCUT2D eigenvalue weighted by Gasteiger charge is -2.23. The molecular weight excluding hydrogens is 250 g/mol. The monoisotopic (exact) mass is 275 g/mol. The second kappa shape index (κ2) is 5.57. The molecule has 1 aliphatic carbocycles. The zero-order valence-electron chi connectivity index (χ0n) is 13.0. The Labute approximate surface area is 121 Å². The number of amides is 1. The molecule has 0 aromatic heterocycles.